The van der Waals surface area contributed by atoms with E-state index in [1.165, 1.54) is 0 Å². The highest BCUT2D eigenvalue weighted by Crippen LogP contribution is 2.26. The molecule has 0 radical (unpaired) electrons. The molecule has 0 aliphatic carbocycles. The molecule has 1 aliphatic rings. The highest BCUT2D eigenvalue weighted by Gasteiger charge is 2.26. The smallest absolute Gasteiger partial charge is 0.248 e. The molecule has 0 spiro atoms. The normalized spacial score (nSPS) is 17.2. The average Bonchev–Trinajstić information content (AvgIpc) is 2.63. The molecule has 1 saturated heterocycles. The zero-order valence-corrected chi connectivity index (χ0v) is 15.5. The Hall–Kier alpha value is -2.54. The number of carbonyl (C=O) groups excluding carboxylic acids is 1. The molecular formula is C19H25N5O2. The Bertz CT molecular complexity index is 780. The lowest BCUT2D eigenvalue weighted by Gasteiger charge is -2.32. The highest BCUT2D eigenvalue weighted by atomic mass is 16.5. The molecule has 2 aromatic rings. The number of likely N-dealkylation sites (tertiary alicyclic amines) is 1. The van der Waals surface area contributed by atoms with Gasteiger partial charge < -0.3 is 15.0 Å². The maximum atomic E-state index is 12.1. The van der Waals surface area contributed by atoms with Crippen LogP contribution in [-0.4, -0.2) is 52.6 Å². The van der Waals surface area contributed by atoms with Gasteiger partial charge in [-0.3, -0.25) is 4.79 Å². The lowest BCUT2D eigenvalue weighted by Crippen LogP contribution is -2.41. The first-order chi connectivity index (χ1) is 12.6. The minimum absolute atomic E-state index is 0.0207. The number of hydrogen-bond donors (Lipinski definition) is 1. The Morgan fingerprint density at radius 2 is 2.23 bits per heavy atom. The number of nitrogens with zero attached hydrogens (tertiary/aromatic N) is 4. The third-order valence-corrected chi connectivity index (χ3v) is 4.53. The maximum Gasteiger partial charge on any atom is 0.248 e. The third-order valence-electron chi connectivity index (χ3n) is 4.53. The summed E-state index contributed by atoms with van der Waals surface area (Å²) in [6.45, 7) is 5.48. The monoisotopic (exact) mass is 355 g/mol. The Balaban J connectivity index is 1.79. The first-order valence-corrected chi connectivity index (χ1v) is 8.87. The van der Waals surface area contributed by atoms with Gasteiger partial charge >= 0.3 is 0 Å². The summed E-state index contributed by atoms with van der Waals surface area (Å²) in [6.07, 6.45) is 3.67. The molecule has 0 aromatic carbocycles. The van der Waals surface area contributed by atoms with E-state index >= 15 is 0 Å². The average molecular weight is 355 g/mol. The van der Waals surface area contributed by atoms with Crippen molar-refractivity contribution in [2.45, 2.75) is 32.6 Å². The summed E-state index contributed by atoms with van der Waals surface area (Å²) in [5, 5.41) is 3.28. The Morgan fingerprint density at radius 1 is 1.38 bits per heavy atom. The Labute approximate surface area is 153 Å². The second-order valence-corrected chi connectivity index (χ2v) is 6.66. The van der Waals surface area contributed by atoms with Crippen LogP contribution in [0.5, 0.6) is 0 Å². The first kappa shape index (κ1) is 18.3. The van der Waals surface area contributed by atoms with Gasteiger partial charge in [0.15, 0.2) is 0 Å². The minimum Gasteiger partial charge on any atom is -0.375 e. The summed E-state index contributed by atoms with van der Waals surface area (Å²) in [6, 6.07) is 5.82. The number of piperidine rings is 1. The van der Waals surface area contributed by atoms with E-state index in [4.69, 9.17) is 9.72 Å². The summed E-state index contributed by atoms with van der Waals surface area (Å²) >= 11 is 0. The molecule has 1 fully saturated rings. The molecule has 0 saturated carbocycles. The number of ether oxygens (including phenoxy) is 1. The number of amides is 1. The minimum atomic E-state index is 0.0207. The van der Waals surface area contributed by atoms with Crippen LogP contribution < -0.4 is 5.32 Å². The van der Waals surface area contributed by atoms with Crippen molar-refractivity contribution in [2.75, 3.05) is 32.1 Å². The van der Waals surface area contributed by atoms with E-state index in [1.54, 1.807) is 13.3 Å². The third kappa shape index (κ3) is 4.35. The van der Waals surface area contributed by atoms with Crippen molar-refractivity contribution in [1.29, 1.82) is 0 Å². The quantitative estimate of drug-likeness (QED) is 0.888. The van der Waals surface area contributed by atoms with Crippen molar-refractivity contribution < 1.29 is 9.53 Å². The van der Waals surface area contributed by atoms with Crippen molar-refractivity contribution in [3.63, 3.8) is 0 Å². The number of aryl methyl sites for hydroxylation is 2. The molecule has 26 heavy (non-hydrogen) atoms. The SMILES string of the molecule is COCC(=O)N1CCC[C@@H](c2nc(C)cc(Nc3ncccc3C)n2)C1. The molecule has 7 heteroatoms. The van der Waals surface area contributed by atoms with Crippen LogP contribution in [0.3, 0.4) is 0 Å². The Morgan fingerprint density at radius 3 is 3.00 bits per heavy atom. The molecule has 2 aromatic heterocycles. The molecule has 1 atom stereocenters. The molecule has 1 N–H and O–H groups in total. The van der Waals surface area contributed by atoms with E-state index in [0.717, 1.165) is 48.1 Å². The molecule has 1 aliphatic heterocycles. The summed E-state index contributed by atoms with van der Waals surface area (Å²) in [4.78, 5) is 27.7. The highest BCUT2D eigenvalue weighted by molar-refractivity contribution is 5.77. The van der Waals surface area contributed by atoms with Crippen molar-refractivity contribution in [2.24, 2.45) is 0 Å². The number of anilines is 2. The predicted octanol–water partition coefficient (Wildman–Crippen LogP) is 2.58. The molecule has 0 bridgehead atoms. The largest absolute Gasteiger partial charge is 0.375 e. The topological polar surface area (TPSA) is 80.2 Å². The zero-order chi connectivity index (χ0) is 18.5. The van der Waals surface area contributed by atoms with Gasteiger partial charge in [0.1, 0.15) is 24.1 Å². The lowest BCUT2D eigenvalue weighted by molar-refractivity contribution is -0.136. The van der Waals surface area contributed by atoms with Gasteiger partial charge in [0.05, 0.1) is 0 Å². The van der Waals surface area contributed by atoms with Gasteiger partial charge in [0.2, 0.25) is 5.91 Å². The second-order valence-electron chi connectivity index (χ2n) is 6.66. The molecule has 7 nitrogen and oxygen atoms in total. The number of pyridine rings is 1. The van der Waals surface area contributed by atoms with Crippen molar-refractivity contribution in [3.05, 3.63) is 41.5 Å². The van der Waals surface area contributed by atoms with Crippen molar-refractivity contribution >= 4 is 17.5 Å². The number of carbonyl (C=O) groups is 1. The van der Waals surface area contributed by atoms with Gasteiger partial charge in [-0.2, -0.15) is 0 Å². The Kier molecular flexibility index (Phi) is 5.78. The number of nitrogens with one attached hydrogen (secondary N) is 1. The summed E-state index contributed by atoms with van der Waals surface area (Å²) < 4.78 is 4.97. The second kappa shape index (κ2) is 8.23. The fourth-order valence-electron chi connectivity index (χ4n) is 3.21. The van der Waals surface area contributed by atoms with E-state index in [1.807, 2.05) is 36.9 Å². The number of methoxy groups -OCH3 is 1. The molecular weight excluding hydrogens is 330 g/mol. The molecule has 0 unspecified atom stereocenters. The van der Waals surface area contributed by atoms with Crippen LogP contribution >= 0.6 is 0 Å². The van der Waals surface area contributed by atoms with Crippen LogP contribution in [-0.2, 0) is 9.53 Å². The van der Waals surface area contributed by atoms with Crippen molar-refractivity contribution in [3.8, 4) is 0 Å². The fourth-order valence-corrected chi connectivity index (χ4v) is 3.21. The maximum absolute atomic E-state index is 12.1. The van der Waals surface area contributed by atoms with Gasteiger partial charge in [0, 0.05) is 44.1 Å². The zero-order valence-electron chi connectivity index (χ0n) is 15.5. The van der Waals surface area contributed by atoms with E-state index < -0.39 is 0 Å². The predicted molar refractivity (Wildman–Crippen MR) is 99.5 cm³/mol. The molecule has 138 valence electrons. The summed E-state index contributed by atoms with van der Waals surface area (Å²) in [7, 11) is 1.54. The lowest BCUT2D eigenvalue weighted by atomic mass is 9.97. The van der Waals surface area contributed by atoms with Gasteiger partial charge in [0.25, 0.3) is 0 Å². The number of rotatable bonds is 5. The standard InChI is InChI=1S/C19H25N5O2/c1-13-6-4-8-20-18(13)22-16-10-14(2)21-19(23-16)15-7-5-9-24(11-15)17(25)12-26-3/h4,6,8,10,15H,5,7,9,11-12H2,1-3H3,(H,20,21,22,23)/t15-/m1/s1. The van der Waals surface area contributed by atoms with Crippen LogP contribution in [0, 0.1) is 13.8 Å². The van der Waals surface area contributed by atoms with E-state index in [0.29, 0.717) is 6.54 Å². The molecule has 3 heterocycles. The van der Waals surface area contributed by atoms with Gasteiger partial charge in [-0.15, -0.1) is 0 Å². The summed E-state index contributed by atoms with van der Waals surface area (Å²) in [5.74, 6) is 2.45. The fraction of sp³-hybridized carbons (Fsp3) is 0.474. The van der Waals surface area contributed by atoms with Gasteiger partial charge in [-0.1, -0.05) is 6.07 Å². The van der Waals surface area contributed by atoms with Crippen LogP contribution in [0.2, 0.25) is 0 Å². The van der Waals surface area contributed by atoms with Gasteiger partial charge in [-0.25, -0.2) is 15.0 Å². The number of aromatic nitrogens is 3. The van der Waals surface area contributed by atoms with Crippen LogP contribution in [0.25, 0.3) is 0 Å². The van der Waals surface area contributed by atoms with Crippen molar-refractivity contribution in [1.82, 2.24) is 19.9 Å². The molecule has 1 amide bonds. The first-order valence-electron chi connectivity index (χ1n) is 8.87. The number of hydrogen-bond acceptors (Lipinski definition) is 6. The van der Waals surface area contributed by atoms with Gasteiger partial charge in [-0.05, 0) is 38.3 Å². The van der Waals surface area contributed by atoms with Crippen LogP contribution in [0.4, 0.5) is 11.6 Å². The molecule has 3 rings (SSSR count). The van der Waals surface area contributed by atoms with Crippen LogP contribution in [0.1, 0.15) is 35.8 Å². The van der Waals surface area contributed by atoms with E-state index in [9.17, 15) is 4.79 Å². The summed E-state index contributed by atoms with van der Waals surface area (Å²) in [5.41, 5.74) is 1.95. The van der Waals surface area contributed by atoms with Crippen LogP contribution in [0.15, 0.2) is 24.4 Å². The van der Waals surface area contributed by atoms with E-state index in [-0.39, 0.29) is 18.4 Å². The van der Waals surface area contributed by atoms with E-state index in [2.05, 4.69) is 15.3 Å².